The number of carbonyl (C=O) groups excluding carboxylic acids is 1. The minimum Gasteiger partial charge on any atom is -0.326 e. The normalized spacial score (nSPS) is 12.6. The Morgan fingerprint density at radius 3 is 2.62 bits per heavy atom. The Hall–Kier alpha value is -3.27. The monoisotopic (exact) mass is 408 g/mol. The molecule has 0 aliphatic heterocycles. The summed E-state index contributed by atoms with van der Waals surface area (Å²) in [6.07, 6.45) is -2.02. The second kappa shape index (κ2) is 8.39. The number of hydrogen-bond donors (Lipinski definition) is 2. The van der Waals surface area contributed by atoms with Gasteiger partial charge in [0.1, 0.15) is 25.0 Å². The first-order valence-corrected chi connectivity index (χ1v) is 8.65. The maximum Gasteiger partial charge on any atom is 0.416 e. The van der Waals surface area contributed by atoms with Crippen LogP contribution in [0.3, 0.4) is 0 Å². The number of rotatable bonds is 6. The number of likely N-dealkylation sites (N-methyl/N-ethyl adjacent to an activating group) is 1. The average Bonchev–Trinajstić information content (AvgIpc) is 3.17. The van der Waals surface area contributed by atoms with E-state index >= 15 is 0 Å². The lowest BCUT2D eigenvalue weighted by molar-refractivity contribution is -0.885. The summed E-state index contributed by atoms with van der Waals surface area (Å²) >= 11 is 0. The number of carbonyl (C=O) groups is 1. The fraction of sp³-hybridized carbons (Fsp3) is 0.211. The van der Waals surface area contributed by atoms with Crippen LogP contribution in [0.1, 0.15) is 11.1 Å². The molecule has 1 amide bonds. The van der Waals surface area contributed by atoms with Gasteiger partial charge in [0.2, 0.25) is 0 Å². The summed E-state index contributed by atoms with van der Waals surface area (Å²) in [6, 6.07) is 9.17. The van der Waals surface area contributed by atoms with Gasteiger partial charge in [-0.05, 0) is 24.3 Å². The van der Waals surface area contributed by atoms with Crippen LogP contribution in [0.2, 0.25) is 0 Å². The number of anilines is 1. The molecule has 1 unspecified atom stereocenters. The molecule has 0 saturated carbocycles. The summed E-state index contributed by atoms with van der Waals surface area (Å²) in [6.45, 7) is 0.181. The van der Waals surface area contributed by atoms with Crippen molar-refractivity contribution in [3.05, 3.63) is 72.1 Å². The van der Waals surface area contributed by atoms with Crippen LogP contribution in [-0.2, 0) is 17.5 Å². The molecule has 0 radical (unpaired) electrons. The van der Waals surface area contributed by atoms with E-state index in [-0.39, 0.29) is 30.3 Å². The van der Waals surface area contributed by atoms with Crippen molar-refractivity contribution in [2.75, 3.05) is 18.9 Å². The van der Waals surface area contributed by atoms with Gasteiger partial charge < -0.3 is 10.2 Å². The number of nitrogens with one attached hydrogen (secondary N) is 2. The standard InChI is InChI=1S/C19H17F4N5O/c1-27(9-13-4-2-3-5-15(13)20)10-18(29)26-16-8-14(19(21,22)23)6-7-17(16)28-12-24-11-25-28/h2-8,11-12H,9-10H2,1H3,(H,26,29)/p+1. The van der Waals surface area contributed by atoms with E-state index in [1.807, 2.05) is 0 Å². The maximum atomic E-state index is 13.8. The highest BCUT2D eigenvalue weighted by atomic mass is 19.4. The van der Waals surface area contributed by atoms with Crippen LogP contribution >= 0.6 is 0 Å². The Labute approximate surface area is 163 Å². The van der Waals surface area contributed by atoms with E-state index < -0.39 is 17.6 Å². The predicted octanol–water partition coefficient (Wildman–Crippen LogP) is 2.08. The SMILES string of the molecule is C[NH+](CC(=O)Nc1cc(C(F)(F)F)ccc1-n1cncn1)Cc1ccccc1F. The Bertz CT molecular complexity index is 989. The van der Waals surface area contributed by atoms with E-state index in [1.165, 1.54) is 29.5 Å². The fourth-order valence-electron chi connectivity index (χ4n) is 2.84. The molecule has 1 heterocycles. The second-order valence-electron chi connectivity index (χ2n) is 6.52. The van der Waals surface area contributed by atoms with E-state index in [2.05, 4.69) is 15.4 Å². The lowest BCUT2D eigenvalue weighted by Crippen LogP contribution is -3.08. The van der Waals surface area contributed by atoms with Crippen molar-refractivity contribution in [2.45, 2.75) is 12.7 Å². The molecule has 1 aromatic heterocycles. The zero-order valence-corrected chi connectivity index (χ0v) is 15.4. The van der Waals surface area contributed by atoms with Crippen LogP contribution in [0.25, 0.3) is 5.69 Å². The van der Waals surface area contributed by atoms with E-state index in [0.717, 1.165) is 12.1 Å². The molecular formula is C19H18F4N5O+. The minimum atomic E-state index is -4.56. The number of alkyl halides is 3. The molecule has 10 heteroatoms. The van der Waals surface area contributed by atoms with Gasteiger partial charge in [-0.3, -0.25) is 4.79 Å². The topological polar surface area (TPSA) is 64.2 Å². The minimum absolute atomic E-state index is 0.0472. The number of halogens is 4. The number of quaternary nitrogens is 1. The van der Waals surface area contributed by atoms with Crippen LogP contribution in [0.5, 0.6) is 0 Å². The van der Waals surface area contributed by atoms with Crippen molar-refractivity contribution in [1.29, 1.82) is 0 Å². The summed E-state index contributed by atoms with van der Waals surface area (Å²) in [7, 11) is 1.69. The first kappa shape index (κ1) is 20.5. The van der Waals surface area contributed by atoms with Crippen molar-refractivity contribution in [3.8, 4) is 5.69 Å². The van der Waals surface area contributed by atoms with Gasteiger partial charge in [-0.15, -0.1) is 0 Å². The Morgan fingerprint density at radius 1 is 1.21 bits per heavy atom. The van der Waals surface area contributed by atoms with Gasteiger partial charge in [-0.1, -0.05) is 18.2 Å². The number of nitrogens with zero attached hydrogens (tertiary/aromatic N) is 3. The summed E-state index contributed by atoms with van der Waals surface area (Å²) in [5.74, 6) is -0.891. The average molecular weight is 408 g/mol. The van der Waals surface area contributed by atoms with Crippen molar-refractivity contribution >= 4 is 11.6 Å². The summed E-state index contributed by atoms with van der Waals surface area (Å²) in [4.78, 5) is 16.9. The lowest BCUT2D eigenvalue weighted by Gasteiger charge is -2.17. The first-order chi connectivity index (χ1) is 13.7. The zero-order valence-electron chi connectivity index (χ0n) is 15.4. The smallest absolute Gasteiger partial charge is 0.326 e. The molecule has 0 aliphatic rings. The molecule has 2 aromatic carbocycles. The van der Waals surface area contributed by atoms with Crippen LogP contribution in [0.15, 0.2) is 55.1 Å². The summed E-state index contributed by atoms with van der Waals surface area (Å²) < 4.78 is 54.3. The molecular weight excluding hydrogens is 390 g/mol. The Kier molecular flexibility index (Phi) is 5.92. The van der Waals surface area contributed by atoms with E-state index in [0.29, 0.717) is 10.5 Å². The van der Waals surface area contributed by atoms with Crippen molar-refractivity contribution in [1.82, 2.24) is 14.8 Å². The molecule has 0 bridgehead atoms. The van der Waals surface area contributed by atoms with E-state index in [9.17, 15) is 22.4 Å². The molecule has 0 saturated heterocycles. The van der Waals surface area contributed by atoms with Gasteiger partial charge in [0.15, 0.2) is 6.54 Å². The van der Waals surface area contributed by atoms with Crippen LogP contribution in [-0.4, -0.2) is 34.3 Å². The quantitative estimate of drug-likeness (QED) is 0.614. The van der Waals surface area contributed by atoms with Crippen molar-refractivity contribution < 1.29 is 27.3 Å². The van der Waals surface area contributed by atoms with Gasteiger partial charge in [0.25, 0.3) is 5.91 Å². The molecule has 0 aliphatic carbocycles. The van der Waals surface area contributed by atoms with Gasteiger partial charge in [-0.2, -0.15) is 18.3 Å². The molecule has 29 heavy (non-hydrogen) atoms. The number of aromatic nitrogens is 3. The highest BCUT2D eigenvalue weighted by molar-refractivity contribution is 5.93. The second-order valence-corrected chi connectivity index (χ2v) is 6.52. The highest BCUT2D eigenvalue weighted by Gasteiger charge is 2.31. The molecule has 0 fully saturated rings. The third kappa shape index (κ3) is 5.17. The number of benzene rings is 2. The predicted molar refractivity (Wildman–Crippen MR) is 96.8 cm³/mol. The van der Waals surface area contributed by atoms with Crippen LogP contribution < -0.4 is 10.2 Å². The molecule has 1 atom stereocenters. The van der Waals surface area contributed by atoms with Gasteiger partial charge in [0.05, 0.1) is 24.0 Å². The van der Waals surface area contributed by atoms with E-state index in [1.54, 1.807) is 25.2 Å². The third-order valence-electron chi connectivity index (χ3n) is 4.18. The lowest BCUT2D eigenvalue weighted by atomic mass is 10.1. The van der Waals surface area contributed by atoms with Crippen molar-refractivity contribution in [3.63, 3.8) is 0 Å². The summed E-state index contributed by atoms with van der Waals surface area (Å²) in [5.41, 5.74) is -0.256. The largest absolute Gasteiger partial charge is 0.416 e. The highest BCUT2D eigenvalue weighted by Crippen LogP contribution is 2.33. The van der Waals surface area contributed by atoms with Gasteiger partial charge >= 0.3 is 6.18 Å². The Balaban J connectivity index is 1.77. The van der Waals surface area contributed by atoms with Gasteiger partial charge in [0, 0.05) is 5.56 Å². The number of hydrogen-bond acceptors (Lipinski definition) is 3. The summed E-state index contributed by atoms with van der Waals surface area (Å²) in [5, 5.41) is 6.40. The van der Waals surface area contributed by atoms with Crippen LogP contribution in [0, 0.1) is 5.82 Å². The first-order valence-electron chi connectivity index (χ1n) is 8.65. The fourth-order valence-corrected chi connectivity index (χ4v) is 2.84. The molecule has 6 nitrogen and oxygen atoms in total. The molecule has 0 spiro atoms. The molecule has 3 aromatic rings. The van der Waals surface area contributed by atoms with Crippen molar-refractivity contribution in [2.24, 2.45) is 0 Å². The molecule has 152 valence electrons. The Morgan fingerprint density at radius 2 is 1.97 bits per heavy atom. The molecule has 3 rings (SSSR count). The van der Waals surface area contributed by atoms with E-state index in [4.69, 9.17) is 0 Å². The van der Waals surface area contributed by atoms with Gasteiger partial charge in [-0.25, -0.2) is 14.1 Å². The maximum absolute atomic E-state index is 13.8. The third-order valence-corrected chi connectivity index (χ3v) is 4.18. The molecule has 2 N–H and O–H groups in total. The zero-order chi connectivity index (χ0) is 21.0. The van der Waals surface area contributed by atoms with Crippen LogP contribution in [0.4, 0.5) is 23.2 Å². The number of amides is 1.